The first-order valence-corrected chi connectivity index (χ1v) is 10.4. The first-order chi connectivity index (χ1) is 13.9. The van der Waals surface area contributed by atoms with Crippen LogP contribution in [0.2, 0.25) is 0 Å². The largest absolute Gasteiger partial charge is 0.367 e. The Bertz CT molecular complexity index is 1020. The van der Waals surface area contributed by atoms with Crippen LogP contribution in [-0.4, -0.2) is 49.9 Å². The van der Waals surface area contributed by atoms with Crippen molar-refractivity contribution in [3.05, 3.63) is 63.1 Å². The van der Waals surface area contributed by atoms with E-state index in [1.807, 2.05) is 11.0 Å². The van der Waals surface area contributed by atoms with Crippen LogP contribution in [-0.2, 0) is 4.79 Å². The summed E-state index contributed by atoms with van der Waals surface area (Å²) in [6.45, 7) is 3.37. The standard InChI is InChI=1S/C21H20FIN4O2/c1-26-6-8-27(9-7-26)19-5-3-14(11-18(19)22)24-12-17-16-10-13(23)2-4-15(16)20(28)25-21(17)29/h2-5,10-12,24H,6-9H2,1H3,(H,25,28,29)/b17-12-. The zero-order chi connectivity index (χ0) is 20.5. The predicted octanol–water partition coefficient (Wildman–Crippen LogP) is 2.91. The van der Waals surface area contributed by atoms with Gasteiger partial charge in [0.2, 0.25) is 0 Å². The van der Waals surface area contributed by atoms with Crippen molar-refractivity contribution in [3.8, 4) is 0 Å². The molecule has 0 unspecified atom stereocenters. The number of benzene rings is 2. The van der Waals surface area contributed by atoms with Crippen LogP contribution in [0.1, 0.15) is 15.9 Å². The zero-order valence-corrected chi connectivity index (χ0v) is 18.0. The third kappa shape index (κ3) is 4.13. The first kappa shape index (κ1) is 19.8. The second-order valence-electron chi connectivity index (χ2n) is 7.13. The van der Waals surface area contributed by atoms with E-state index in [9.17, 15) is 14.0 Å². The Morgan fingerprint density at radius 2 is 1.79 bits per heavy atom. The van der Waals surface area contributed by atoms with E-state index in [2.05, 4.69) is 45.2 Å². The van der Waals surface area contributed by atoms with Gasteiger partial charge in [-0.25, -0.2) is 4.39 Å². The van der Waals surface area contributed by atoms with Crippen molar-refractivity contribution in [1.29, 1.82) is 0 Å². The van der Waals surface area contributed by atoms with Gasteiger partial charge in [0.05, 0.1) is 11.3 Å². The molecule has 6 nitrogen and oxygen atoms in total. The molecule has 8 heteroatoms. The second-order valence-corrected chi connectivity index (χ2v) is 8.38. The zero-order valence-electron chi connectivity index (χ0n) is 15.8. The summed E-state index contributed by atoms with van der Waals surface area (Å²) in [6.07, 6.45) is 1.51. The van der Waals surface area contributed by atoms with E-state index in [-0.39, 0.29) is 5.82 Å². The summed E-state index contributed by atoms with van der Waals surface area (Å²) >= 11 is 2.13. The molecule has 4 rings (SSSR count). The molecule has 2 aliphatic heterocycles. The monoisotopic (exact) mass is 506 g/mol. The Balaban J connectivity index is 1.57. The minimum Gasteiger partial charge on any atom is -0.367 e. The fraction of sp³-hybridized carbons (Fsp3) is 0.238. The number of nitrogens with zero attached hydrogens (tertiary/aromatic N) is 2. The molecule has 29 heavy (non-hydrogen) atoms. The summed E-state index contributed by atoms with van der Waals surface area (Å²) in [5.41, 5.74) is 2.45. The van der Waals surface area contributed by atoms with E-state index in [0.29, 0.717) is 28.1 Å². The molecular formula is C21H20FIN4O2. The fourth-order valence-corrected chi connectivity index (χ4v) is 3.99. The number of hydrogen-bond donors (Lipinski definition) is 2. The van der Waals surface area contributed by atoms with Crippen molar-refractivity contribution in [1.82, 2.24) is 10.2 Å². The lowest BCUT2D eigenvalue weighted by Crippen LogP contribution is -2.44. The van der Waals surface area contributed by atoms with Crippen LogP contribution in [0.4, 0.5) is 15.8 Å². The van der Waals surface area contributed by atoms with E-state index in [1.165, 1.54) is 12.3 Å². The van der Waals surface area contributed by atoms with E-state index in [0.717, 1.165) is 29.7 Å². The van der Waals surface area contributed by atoms with Gasteiger partial charge in [0.1, 0.15) is 5.82 Å². The maximum absolute atomic E-state index is 14.7. The van der Waals surface area contributed by atoms with E-state index < -0.39 is 11.8 Å². The van der Waals surface area contributed by atoms with Crippen molar-refractivity contribution in [3.63, 3.8) is 0 Å². The Kier molecular flexibility index (Phi) is 5.55. The number of imide groups is 1. The van der Waals surface area contributed by atoms with Crippen molar-refractivity contribution < 1.29 is 14.0 Å². The van der Waals surface area contributed by atoms with Crippen LogP contribution in [0.15, 0.2) is 42.6 Å². The van der Waals surface area contributed by atoms with Crippen molar-refractivity contribution in [2.75, 3.05) is 43.4 Å². The Morgan fingerprint density at radius 3 is 2.52 bits per heavy atom. The number of piperazine rings is 1. The fourth-order valence-electron chi connectivity index (χ4n) is 3.50. The highest BCUT2D eigenvalue weighted by Crippen LogP contribution is 2.27. The van der Waals surface area contributed by atoms with Crippen LogP contribution in [0, 0.1) is 9.39 Å². The van der Waals surface area contributed by atoms with Gasteiger partial charge < -0.3 is 15.1 Å². The van der Waals surface area contributed by atoms with Crippen LogP contribution >= 0.6 is 22.6 Å². The topological polar surface area (TPSA) is 64.7 Å². The number of likely N-dealkylation sites (N-methyl/N-ethyl adjacent to an activating group) is 1. The van der Waals surface area contributed by atoms with E-state index in [4.69, 9.17) is 0 Å². The summed E-state index contributed by atoms with van der Waals surface area (Å²) in [4.78, 5) is 28.6. The lowest BCUT2D eigenvalue weighted by atomic mass is 9.95. The highest BCUT2D eigenvalue weighted by molar-refractivity contribution is 14.1. The minimum absolute atomic E-state index is 0.309. The van der Waals surface area contributed by atoms with Gasteiger partial charge in [-0.3, -0.25) is 14.9 Å². The molecule has 0 aromatic heterocycles. The summed E-state index contributed by atoms with van der Waals surface area (Å²) in [6, 6.07) is 10.3. The summed E-state index contributed by atoms with van der Waals surface area (Å²) in [5, 5.41) is 5.33. The molecule has 2 heterocycles. The van der Waals surface area contributed by atoms with Crippen LogP contribution in [0.5, 0.6) is 0 Å². The normalized spacial score (nSPS) is 18.6. The van der Waals surface area contributed by atoms with Crippen LogP contribution in [0.3, 0.4) is 0 Å². The first-order valence-electron chi connectivity index (χ1n) is 9.28. The Morgan fingerprint density at radius 1 is 1.03 bits per heavy atom. The molecule has 2 aliphatic rings. The molecule has 2 aromatic rings. The number of anilines is 2. The Hall–Kier alpha value is -2.46. The van der Waals surface area contributed by atoms with Crippen molar-refractivity contribution in [2.45, 2.75) is 0 Å². The van der Waals surface area contributed by atoms with Gasteiger partial charge in [-0.2, -0.15) is 0 Å². The third-order valence-corrected chi connectivity index (χ3v) is 5.83. The second kappa shape index (κ2) is 8.11. The molecule has 0 radical (unpaired) electrons. The predicted molar refractivity (Wildman–Crippen MR) is 119 cm³/mol. The molecule has 150 valence electrons. The minimum atomic E-state index is -0.480. The Labute approximate surface area is 181 Å². The molecule has 1 saturated heterocycles. The van der Waals surface area contributed by atoms with Gasteiger partial charge in [-0.1, -0.05) is 0 Å². The lowest BCUT2D eigenvalue weighted by Gasteiger charge is -2.34. The highest BCUT2D eigenvalue weighted by Gasteiger charge is 2.27. The van der Waals surface area contributed by atoms with Gasteiger partial charge >= 0.3 is 0 Å². The van der Waals surface area contributed by atoms with Crippen LogP contribution in [0.25, 0.3) is 5.57 Å². The van der Waals surface area contributed by atoms with Gasteiger partial charge in [0.25, 0.3) is 11.8 Å². The molecule has 0 aliphatic carbocycles. The molecule has 0 spiro atoms. The van der Waals surface area contributed by atoms with E-state index in [1.54, 1.807) is 24.3 Å². The van der Waals surface area contributed by atoms with Crippen LogP contribution < -0.4 is 15.5 Å². The lowest BCUT2D eigenvalue weighted by molar-refractivity contribution is -0.114. The smallest absolute Gasteiger partial charge is 0.260 e. The number of fused-ring (bicyclic) bond motifs is 1. The maximum atomic E-state index is 14.7. The average molecular weight is 506 g/mol. The van der Waals surface area contributed by atoms with Gasteiger partial charge in [-0.15, -0.1) is 0 Å². The molecule has 2 aromatic carbocycles. The third-order valence-electron chi connectivity index (χ3n) is 5.16. The van der Waals surface area contributed by atoms with E-state index >= 15 is 0 Å². The van der Waals surface area contributed by atoms with Gasteiger partial charge in [0.15, 0.2) is 0 Å². The van der Waals surface area contributed by atoms with Gasteiger partial charge in [-0.05, 0) is 66.0 Å². The summed E-state index contributed by atoms with van der Waals surface area (Å²) in [5.74, 6) is -1.20. The number of hydrogen-bond acceptors (Lipinski definition) is 5. The highest BCUT2D eigenvalue weighted by atomic mass is 127. The number of carbonyl (C=O) groups is 2. The van der Waals surface area contributed by atoms with Crippen molar-refractivity contribution >= 4 is 51.4 Å². The molecule has 1 fully saturated rings. The number of halogens is 2. The quantitative estimate of drug-likeness (QED) is 0.381. The number of nitrogens with one attached hydrogen (secondary N) is 2. The maximum Gasteiger partial charge on any atom is 0.260 e. The molecule has 0 atom stereocenters. The molecular weight excluding hydrogens is 486 g/mol. The molecule has 2 amide bonds. The average Bonchev–Trinajstić information content (AvgIpc) is 2.68. The van der Waals surface area contributed by atoms with Gasteiger partial charge in [0, 0.05) is 52.8 Å². The summed E-state index contributed by atoms with van der Waals surface area (Å²) in [7, 11) is 2.06. The molecule has 0 bridgehead atoms. The molecule has 0 saturated carbocycles. The van der Waals surface area contributed by atoms with Crippen molar-refractivity contribution in [2.24, 2.45) is 0 Å². The number of carbonyl (C=O) groups excluding carboxylic acids is 2. The SMILES string of the molecule is CN1CCN(c2ccc(N/C=C3\C(=O)NC(=O)c4ccc(I)cc43)cc2F)CC1. The number of rotatable bonds is 3. The summed E-state index contributed by atoms with van der Waals surface area (Å²) < 4.78 is 15.6. The molecule has 2 N–H and O–H groups in total. The number of amides is 2.